The number of benzene rings is 3. The molecule has 5 nitrogen and oxygen atoms in total. The highest BCUT2D eigenvalue weighted by Crippen LogP contribution is 2.29. The molecule has 0 aliphatic carbocycles. The summed E-state index contributed by atoms with van der Waals surface area (Å²) in [5.74, 6) is -0.384. The predicted molar refractivity (Wildman–Crippen MR) is 130 cm³/mol. The molecule has 0 aliphatic rings. The molecule has 3 rings (SSSR count). The molecule has 0 radical (unpaired) electrons. The highest BCUT2D eigenvalue weighted by molar-refractivity contribution is 7.92. The van der Waals surface area contributed by atoms with Gasteiger partial charge < -0.3 is 5.32 Å². The molecule has 1 N–H and O–H groups in total. The Morgan fingerprint density at radius 1 is 1.00 bits per heavy atom. The van der Waals surface area contributed by atoms with E-state index in [9.17, 15) is 13.2 Å². The Hall–Kier alpha value is -2.83. The molecule has 0 fully saturated rings. The zero-order valence-electron chi connectivity index (χ0n) is 18.4. The van der Waals surface area contributed by atoms with E-state index in [-0.39, 0.29) is 23.4 Å². The van der Waals surface area contributed by atoms with Crippen molar-refractivity contribution in [1.82, 2.24) is 5.32 Å². The third kappa shape index (κ3) is 5.50. The largest absolute Gasteiger partial charge is 0.348 e. The van der Waals surface area contributed by atoms with E-state index < -0.39 is 10.0 Å². The van der Waals surface area contributed by atoms with Crippen molar-refractivity contribution in [2.75, 3.05) is 10.8 Å². The molecular formula is C25H27ClN2O3S. The maximum absolute atomic E-state index is 13.6. The number of hydrogen-bond donors (Lipinski definition) is 1. The molecule has 7 heteroatoms. The molecule has 1 amide bonds. The van der Waals surface area contributed by atoms with Crippen LogP contribution in [0.4, 0.5) is 5.69 Å². The van der Waals surface area contributed by atoms with Crippen molar-refractivity contribution in [1.29, 1.82) is 0 Å². The molecule has 0 aromatic heterocycles. The van der Waals surface area contributed by atoms with E-state index in [0.29, 0.717) is 22.7 Å². The lowest BCUT2D eigenvalue weighted by Crippen LogP contribution is -2.42. The molecule has 32 heavy (non-hydrogen) atoms. The van der Waals surface area contributed by atoms with E-state index in [0.717, 1.165) is 15.4 Å². The van der Waals surface area contributed by atoms with Crippen molar-refractivity contribution < 1.29 is 13.2 Å². The third-order valence-electron chi connectivity index (χ3n) is 5.27. The van der Waals surface area contributed by atoms with Gasteiger partial charge in [-0.2, -0.15) is 0 Å². The Morgan fingerprint density at radius 3 is 2.25 bits per heavy atom. The first-order chi connectivity index (χ1) is 15.2. The molecule has 1 atom stereocenters. The van der Waals surface area contributed by atoms with Crippen molar-refractivity contribution in [2.24, 2.45) is 0 Å². The molecule has 1 unspecified atom stereocenters. The van der Waals surface area contributed by atoms with Gasteiger partial charge in [-0.1, -0.05) is 66.6 Å². The Bertz CT molecular complexity index is 1180. The average molecular weight is 471 g/mol. The molecule has 3 aromatic carbocycles. The molecule has 0 spiro atoms. The zero-order chi connectivity index (χ0) is 23.3. The summed E-state index contributed by atoms with van der Waals surface area (Å²) in [6.07, 6.45) is 0.681. The number of amides is 1. The standard InChI is InChI=1S/C25H27ClN2O3S/c1-4-23(20-8-6-5-7-9-20)27-25(29)17-28(24-15-12-21(26)16-19(24)3)32(30,31)22-13-10-18(2)11-14-22/h5-16,23H,4,17H2,1-3H3,(H,27,29). The molecular weight excluding hydrogens is 444 g/mol. The lowest BCUT2D eigenvalue weighted by molar-refractivity contribution is -0.120. The van der Waals surface area contributed by atoms with Gasteiger partial charge in [0.05, 0.1) is 16.6 Å². The first-order valence-electron chi connectivity index (χ1n) is 10.4. The van der Waals surface area contributed by atoms with E-state index in [2.05, 4.69) is 5.32 Å². The van der Waals surface area contributed by atoms with Crippen LogP contribution in [0.25, 0.3) is 0 Å². The van der Waals surface area contributed by atoms with Crippen LogP contribution in [0.1, 0.15) is 36.1 Å². The van der Waals surface area contributed by atoms with Gasteiger partial charge in [0, 0.05) is 5.02 Å². The highest BCUT2D eigenvalue weighted by atomic mass is 35.5. The van der Waals surface area contributed by atoms with Gasteiger partial charge in [0.15, 0.2) is 0 Å². The topological polar surface area (TPSA) is 66.5 Å². The van der Waals surface area contributed by atoms with E-state index in [1.54, 1.807) is 49.4 Å². The van der Waals surface area contributed by atoms with Crippen LogP contribution >= 0.6 is 11.6 Å². The molecule has 0 heterocycles. The van der Waals surface area contributed by atoms with Crippen LogP contribution < -0.4 is 9.62 Å². The number of halogens is 1. The maximum atomic E-state index is 13.6. The molecule has 0 aliphatic heterocycles. The number of rotatable bonds is 8. The number of carbonyl (C=O) groups excluding carboxylic acids is 1. The van der Waals surface area contributed by atoms with Crippen LogP contribution in [0.15, 0.2) is 77.7 Å². The van der Waals surface area contributed by atoms with E-state index in [1.807, 2.05) is 44.2 Å². The Morgan fingerprint density at radius 2 is 1.66 bits per heavy atom. The van der Waals surface area contributed by atoms with Crippen LogP contribution in [0.3, 0.4) is 0 Å². The first kappa shape index (κ1) is 23.8. The van der Waals surface area contributed by atoms with Crippen LogP contribution in [-0.2, 0) is 14.8 Å². The van der Waals surface area contributed by atoms with Gasteiger partial charge in [-0.3, -0.25) is 9.10 Å². The van der Waals surface area contributed by atoms with E-state index in [4.69, 9.17) is 11.6 Å². The molecule has 0 saturated heterocycles. The molecule has 0 saturated carbocycles. The fourth-order valence-corrected chi connectivity index (χ4v) is 5.22. The second-order valence-electron chi connectivity index (χ2n) is 7.69. The smallest absolute Gasteiger partial charge is 0.264 e. The Labute approximate surface area is 195 Å². The van der Waals surface area contributed by atoms with Crippen molar-refractivity contribution in [2.45, 2.75) is 38.1 Å². The number of anilines is 1. The van der Waals surface area contributed by atoms with Crippen molar-refractivity contribution in [3.63, 3.8) is 0 Å². The fourth-order valence-electron chi connectivity index (χ4n) is 3.51. The van der Waals surface area contributed by atoms with Crippen LogP contribution in [0.2, 0.25) is 5.02 Å². The molecule has 3 aromatic rings. The number of sulfonamides is 1. The summed E-state index contributed by atoms with van der Waals surface area (Å²) in [5, 5.41) is 3.47. The maximum Gasteiger partial charge on any atom is 0.264 e. The lowest BCUT2D eigenvalue weighted by atomic mass is 10.0. The minimum atomic E-state index is -3.98. The second kappa shape index (κ2) is 10.2. The number of nitrogens with zero attached hydrogens (tertiary/aromatic N) is 1. The highest BCUT2D eigenvalue weighted by Gasteiger charge is 2.29. The van der Waals surface area contributed by atoms with Gasteiger partial charge in [0.2, 0.25) is 5.91 Å². The van der Waals surface area contributed by atoms with Gasteiger partial charge in [0.1, 0.15) is 6.54 Å². The minimum Gasteiger partial charge on any atom is -0.348 e. The van der Waals surface area contributed by atoms with Gasteiger partial charge in [-0.05, 0) is 61.7 Å². The predicted octanol–water partition coefficient (Wildman–Crippen LogP) is 5.42. The molecule has 0 bridgehead atoms. The van der Waals surface area contributed by atoms with Gasteiger partial charge >= 0.3 is 0 Å². The number of nitrogens with one attached hydrogen (secondary N) is 1. The van der Waals surface area contributed by atoms with E-state index in [1.165, 1.54) is 0 Å². The average Bonchev–Trinajstić information content (AvgIpc) is 2.77. The zero-order valence-corrected chi connectivity index (χ0v) is 20.0. The number of aryl methyl sites for hydroxylation is 2. The normalized spacial score (nSPS) is 12.2. The summed E-state index contributed by atoms with van der Waals surface area (Å²) < 4.78 is 28.3. The quantitative estimate of drug-likeness (QED) is 0.478. The van der Waals surface area contributed by atoms with Gasteiger partial charge in [-0.25, -0.2) is 8.42 Å². The summed E-state index contributed by atoms with van der Waals surface area (Å²) >= 11 is 6.08. The van der Waals surface area contributed by atoms with Crippen molar-refractivity contribution >= 4 is 33.2 Å². The van der Waals surface area contributed by atoms with Crippen LogP contribution in [-0.4, -0.2) is 20.9 Å². The Kier molecular flexibility index (Phi) is 7.59. The van der Waals surface area contributed by atoms with Gasteiger partial charge in [-0.15, -0.1) is 0 Å². The summed E-state index contributed by atoms with van der Waals surface area (Å²) in [6, 6.07) is 20.9. The summed E-state index contributed by atoms with van der Waals surface area (Å²) in [6.45, 7) is 5.29. The SMILES string of the molecule is CCC(NC(=O)CN(c1ccc(Cl)cc1C)S(=O)(=O)c1ccc(C)cc1)c1ccccc1. The van der Waals surface area contributed by atoms with Crippen LogP contribution in [0, 0.1) is 13.8 Å². The van der Waals surface area contributed by atoms with Crippen LogP contribution in [0.5, 0.6) is 0 Å². The third-order valence-corrected chi connectivity index (χ3v) is 7.28. The molecule has 168 valence electrons. The Balaban J connectivity index is 1.95. The van der Waals surface area contributed by atoms with Crippen molar-refractivity contribution in [3.8, 4) is 0 Å². The van der Waals surface area contributed by atoms with Crippen molar-refractivity contribution in [3.05, 3.63) is 94.5 Å². The lowest BCUT2D eigenvalue weighted by Gasteiger charge is -2.27. The first-order valence-corrected chi connectivity index (χ1v) is 12.2. The summed E-state index contributed by atoms with van der Waals surface area (Å²) in [5.41, 5.74) is 3.00. The minimum absolute atomic E-state index is 0.125. The number of carbonyl (C=O) groups is 1. The second-order valence-corrected chi connectivity index (χ2v) is 9.99. The monoisotopic (exact) mass is 470 g/mol. The summed E-state index contributed by atoms with van der Waals surface area (Å²) in [7, 11) is -3.98. The van der Waals surface area contributed by atoms with E-state index >= 15 is 0 Å². The number of hydrogen-bond acceptors (Lipinski definition) is 3. The fraction of sp³-hybridized carbons (Fsp3) is 0.240. The van der Waals surface area contributed by atoms with Gasteiger partial charge in [0.25, 0.3) is 10.0 Å². The summed E-state index contributed by atoms with van der Waals surface area (Å²) in [4.78, 5) is 13.2.